The second-order valence-electron chi connectivity index (χ2n) is 4.80. The molecule has 1 aromatic carbocycles. The van der Waals surface area contributed by atoms with E-state index in [1.807, 2.05) is 6.07 Å². The first kappa shape index (κ1) is 12.4. The van der Waals surface area contributed by atoms with Crippen LogP contribution in [0.2, 0.25) is 0 Å². The molecule has 0 amide bonds. The molecular weight excluding hydrogens is 212 g/mol. The van der Waals surface area contributed by atoms with Crippen molar-refractivity contribution >= 4 is 0 Å². The van der Waals surface area contributed by atoms with Crippen molar-refractivity contribution in [1.82, 2.24) is 10.2 Å². The summed E-state index contributed by atoms with van der Waals surface area (Å²) < 4.78 is 5.84. The summed E-state index contributed by atoms with van der Waals surface area (Å²) in [5.41, 5.74) is 1.29. The van der Waals surface area contributed by atoms with Crippen molar-refractivity contribution in [3.63, 3.8) is 0 Å². The van der Waals surface area contributed by atoms with E-state index in [2.05, 4.69) is 42.3 Å². The smallest absolute Gasteiger partial charge is 0.124 e. The standard InChI is InChI=1S/C14H22N2O/c1-12(2)17-14-6-4-3-5-13(14)11-16-9-7-15-8-10-16/h3-6,12,15H,7-11H2,1-2H3. The molecule has 3 heteroatoms. The number of nitrogens with zero attached hydrogens (tertiary/aromatic N) is 1. The van der Waals surface area contributed by atoms with Gasteiger partial charge in [-0.3, -0.25) is 4.90 Å². The normalized spacial score (nSPS) is 17.4. The highest BCUT2D eigenvalue weighted by molar-refractivity contribution is 5.33. The molecule has 0 aromatic heterocycles. The van der Waals surface area contributed by atoms with Gasteiger partial charge in [0.2, 0.25) is 0 Å². The lowest BCUT2D eigenvalue weighted by Crippen LogP contribution is -2.42. The van der Waals surface area contributed by atoms with Gasteiger partial charge in [-0.2, -0.15) is 0 Å². The number of nitrogens with one attached hydrogen (secondary N) is 1. The van der Waals surface area contributed by atoms with Gasteiger partial charge >= 0.3 is 0 Å². The summed E-state index contributed by atoms with van der Waals surface area (Å²) in [7, 11) is 0. The quantitative estimate of drug-likeness (QED) is 0.861. The third kappa shape index (κ3) is 3.72. The van der Waals surface area contributed by atoms with Crippen molar-refractivity contribution < 1.29 is 4.74 Å². The van der Waals surface area contributed by atoms with E-state index in [0.29, 0.717) is 0 Å². The lowest BCUT2D eigenvalue weighted by Gasteiger charge is -2.28. The molecule has 0 bridgehead atoms. The first-order chi connectivity index (χ1) is 8.25. The molecule has 0 radical (unpaired) electrons. The third-order valence-corrected chi connectivity index (χ3v) is 2.94. The average Bonchev–Trinajstić information content (AvgIpc) is 2.32. The first-order valence-electron chi connectivity index (χ1n) is 6.43. The SMILES string of the molecule is CC(C)Oc1ccccc1CN1CCNCC1. The van der Waals surface area contributed by atoms with E-state index in [0.717, 1.165) is 38.5 Å². The number of rotatable bonds is 4. The second kappa shape index (κ2) is 6.03. The van der Waals surface area contributed by atoms with E-state index < -0.39 is 0 Å². The van der Waals surface area contributed by atoms with Crippen LogP contribution >= 0.6 is 0 Å². The molecule has 2 rings (SSSR count). The molecule has 0 atom stereocenters. The number of benzene rings is 1. The zero-order valence-electron chi connectivity index (χ0n) is 10.8. The molecule has 0 aliphatic carbocycles. The summed E-state index contributed by atoms with van der Waals surface area (Å²) in [6, 6.07) is 8.36. The van der Waals surface area contributed by atoms with Crippen LogP contribution < -0.4 is 10.1 Å². The molecule has 1 aliphatic heterocycles. The maximum Gasteiger partial charge on any atom is 0.124 e. The highest BCUT2D eigenvalue weighted by atomic mass is 16.5. The molecule has 3 nitrogen and oxygen atoms in total. The Balaban J connectivity index is 2.03. The summed E-state index contributed by atoms with van der Waals surface area (Å²) in [4.78, 5) is 2.47. The van der Waals surface area contributed by atoms with Gasteiger partial charge in [-0.1, -0.05) is 18.2 Å². The van der Waals surface area contributed by atoms with Gasteiger partial charge in [-0.05, 0) is 19.9 Å². The highest BCUT2D eigenvalue weighted by Gasteiger charge is 2.12. The predicted octanol–water partition coefficient (Wildman–Crippen LogP) is 1.88. The van der Waals surface area contributed by atoms with Crippen LogP contribution in [0.5, 0.6) is 5.75 Å². The maximum atomic E-state index is 5.84. The largest absolute Gasteiger partial charge is 0.491 e. The van der Waals surface area contributed by atoms with Crippen molar-refractivity contribution in [1.29, 1.82) is 0 Å². The van der Waals surface area contributed by atoms with Crippen LogP contribution in [0.1, 0.15) is 19.4 Å². The molecule has 1 fully saturated rings. The van der Waals surface area contributed by atoms with Crippen molar-refractivity contribution in [2.24, 2.45) is 0 Å². The minimum Gasteiger partial charge on any atom is -0.491 e. The Kier molecular flexibility index (Phi) is 4.40. The monoisotopic (exact) mass is 234 g/mol. The molecule has 0 saturated carbocycles. The van der Waals surface area contributed by atoms with Crippen molar-refractivity contribution in [3.8, 4) is 5.75 Å². The van der Waals surface area contributed by atoms with Crippen molar-refractivity contribution in [2.45, 2.75) is 26.5 Å². The van der Waals surface area contributed by atoms with E-state index >= 15 is 0 Å². The minimum absolute atomic E-state index is 0.235. The van der Waals surface area contributed by atoms with Gasteiger partial charge in [0.05, 0.1) is 6.10 Å². The highest BCUT2D eigenvalue weighted by Crippen LogP contribution is 2.21. The van der Waals surface area contributed by atoms with Gasteiger partial charge in [-0.25, -0.2) is 0 Å². The van der Waals surface area contributed by atoms with Crippen LogP contribution in [0.3, 0.4) is 0 Å². The molecule has 1 aliphatic rings. The average molecular weight is 234 g/mol. The van der Waals surface area contributed by atoms with Crippen LogP contribution in [-0.2, 0) is 6.54 Å². The Morgan fingerprint density at radius 2 is 1.94 bits per heavy atom. The molecule has 1 N–H and O–H groups in total. The fourth-order valence-corrected chi connectivity index (χ4v) is 2.11. The molecule has 17 heavy (non-hydrogen) atoms. The van der Waals surface area contributed by atoms with Crippen LogP contribution in [0.15, 0.2) is 24.3 Å². The fourth-order valence-electron chi connectivity index (χ4n) is 2.11. The van der Waals surface area contributed by atoms with E-state index in [9.17, 15) is 0 Å². The topological polar surface area (TPSA) is 24.5 Å². The van der Waals surface area contributed by atoms with E-state index in [1.54, 1.807) is 0 Å². The van der Waals surface area contributed by atoms with E-state index in [1.165, 1.54) is 5.56 Å². The number of hydrogen-bond donors (Lipinski definition) is 1. The van der Waals surface area contributed by atoms with Crippen LogP contribution in [-0.4, -0.2) is 37.2 Å². The van der Waals surface area contributed by atoms with Crippen molar-refractivity contribution in [3.05, 3.63) is 29.8 Å². The molecule has 0 unspecified atom stereocenters. The number of piperazine rings is 1. The maximum absolute atomic E-state index is 5.84. The van der Waals surface area contributed by atoms with Crippen molar-refractivity contribution in [2.75, 3.05) is 26.2 Å². The Bertz CT molecular complexity index is 346. The molecule has 1 heterocycles. The third-order valence-electron chi connectivity index (χ3n) is 2.94. The molecule has 1 saturated heterocycles. The van der Waals surface area contributed by atoms with Gasteiger partial charge in [0, 0.05) is 38.3 Å². The number of ether oxygens (including phenoxy) is 1. The Labute approximate surface area is 104 Å². The Morgan fingerprint density at radius 1 is 1.24 bits per heavy atom. The summed E-state index contributed by atoms with van der Waals surface area (Å²) in [6.07, 6.45) is 0.235. The predicted molar refractivity (Wildman–Crippen MR) is 70.4 cm³/mol. The lowest BCUT2D eigenvalue weighted by molar-refractivity contribution is 0.214. The van der Waals surface area contributed by atoms with Gasteiger partial charge in [-0.15, -0.1) is 0 Å². The zero-order valence-corrected chi connectivity index (χ0v) is 10.8. The number of hydrogen-bond acceptors (Lipinski definition) is 3. The molecular formula is C14H22N2O. The Morgan fingerprint density at radius 3 is 2.65 bits per heavy atom. The van der Waals surface area contributed by atoms with Crippen LogP contribution in [0.25, 0.3) is 0 Å². The molecule has 0 spiro atoms. The fraction of sp³-hybridized carbons (Fsp3) is 0.571. The summed E-state index contributed by atoms with van der Waals surface area (Å²) in [5.74, 6) is 1.03. The minimum atomic E-state index is 0.235. The molecule has 94 valence electrons. The van der Waals surface area contributed by atoms with Gasteiger partial charge in [0.25, 0.3) is 0 Å². The van der Waals surface area contributed by atoms with E-state index in [4.69, 9.17) is 4.74 Å². The molecule has 1 aromatic rings. The lowest BCUT2D eigenvalue weighted by atomic mass is 10.1. The van der Waals surface area contributed by atoms with Gasteiger partial charge < -0.3 is 10.1 Å². The first-order valence-corrected chi connectivity index (χ1v) is 6.43. The second-order valence-corrected chi connectivity index (χ2v) is 4.80. The number of para-hydroxylation sites is 1. The van der Waals surface area contributed by atoms with Crippen LogP contribution in [0, 0.1) is 0 Å². The summed E-state index contributed by atoms with van der Waals surface area (Å²) in [5, 5.41) is 3.37. The zero-order chi connectivity index (χ0) is 12.1. The van der Waals surface area contributed by atoms with E-state index in [-0.39, 0.29) is 6.10 Å². The van der Waals surface area contributed by atoms with Crippen LogP contribution in [0.4, 0.5) is 0 Å². The Hall–Kier alpha value is -1.06. The van der Waals surface area contributed by atoms with Gasteiger partial charge in [0.15, 0.2) is 0 Å². The van der Waals surface area contributed by atoms with Gasteiger partial charge in [0.1, 0.15) is 5.75 Å². The summed E-state index contributed by atoms with van der Waals surface area (Å²) >= 11 is 0. The summed E-state index contributed by atoms with van der Waals surface area (Å²) in [6.45, 7) is 9.56.